The molecular formula is C22H26ClF3N4O4. The Morgan fingerprint density at radius 1 is 1.29 bits per heavy atom. The fraction of sp³-hybridized carbons (Fsp3) is 0.591. The zero-order valence-electron chi connectivity index (χ0n) is 18.8. The lowest BCUT2D eigenvalue weighted by Crippen LogP contribution is -2.55. The summed E-state index contributed by atoms with van der Waals surface area (Å²) < 4.78 is 55.4. The summed E-state index contributed by atoms with van der Waals surface area (Å²) in [7, 11) is 0. The van der Waals surface area contributed by atoms with Gasteiger partial charge in [0, 0.05) is 30.8 Å². The first-order valence-corrected chi connectivity index (χ1v) is 11.4. The second-order valence-electron chi connectivity index (χ2n) is 9.08. The van der Waals surface area contributed by atoms with Gasteiger partial charge < -0.3 is 18.9 Å². The van der Waals surface area contributed by atoms with Crippen LogP contribution in [0.1, 0.15) is 50.8 Å². The van der Waals surface area contributed by atoms with Crippen LogP contribution in [0.2, 0.25) is 5.02 Å². The fourth-order valence-corrected chi connectivity index (χ4v) is 4.06. The van der Waals surface area contributed by atoms with E-state index in [1.165, 1.54) is 0 Å². The molecule has 0 spiro atoms. The first-order valence-electron chi connectivity index (χ1n) is 11.1. The zero-order valence-corrected chi connectivity index (χ0v) is 19.6. The number of pyridine rings is 1. The summed E-state index contributed by atoms with van der Waals surface area (Å²) in [5.41, 5.74) is -0.817. The Morgan fingerprint density at radius 2 is 2.09 bits per heavy atom. The predicted octanol–water partition coefficient (Wildman–Crippen LogP) is 4.78. The highest BCUT2D eigenvalue weighted by atomic mass is 35.5. The number of ether oxygens (including phenoxy) is 2. The lowest BCUT2D eigenvalue weighted by atomic mass is 9.90. The highest BCUT2D eigenvalue weighted by molar-refractivity contribution is 6.33. The topological polar surface area (TPSA) is 89.7 Å². The molecule has 2 aromatic heterocycles. The number of hydrogen-bond donors (Lipinski definition) is 1. The van der Waals surface area contributed by atoms with Gasteiger partial charge in [-0.25, -0.2) is 4.98 Å². The number of amides is 1. The molecule has 4 rings (SSSR count). The van der Waals surface area contributed by atoms with Gasteiger partial charge in [0.2, 0.25) is 11.8 Å². The third-order valence-corrected chi connectivity index (χ3v) is 6.24. The van der Waals surface area contributed by atoms with Crippen LogP contribution in [0.5, 0.6) is 0 Å². The largest absolute Gasteiger partial charge is 0.417 e. The molecule has 0 aliphatic carbocycles. The molecule has 0 aromatic carbocycles. The standard InChI is InChI=1S/C22H26ClF3N4O4/c1-21(2,12-33-18-5-3-4-8-32-18)16-10-17(34-29-16)28-20(31)15-6-7-30(15)19-14(23)9-13(11-27-19)22(24,25)26/h9-11,15,18H,3-8,12H2,1-2H3,(H,28,31)/t15-,18?/m0/s1. The van der Waals surface area contributed by atoms with E-state index in [0.29, 0.717) is 38.1 Å². The van der Waals surface area contributed by atoms with Crippen LogP contribution in [0.3, 0.4) is 0 Å². The number of aromatic nitrogens is 2. The molecule has 4 heterocycles. The zero-order chi connectivity index (χ0) is 24.5. The third kappa shape index (κ3) is 5.47. The first-order chi connectivity index (χ1) is 16.0. The Morgan fingerprint density at radius 3 is 2.71 bits per heavy atom. The van der Waals surface area contributed by atoms with Gasteiger partial charge in [-0.3, -0.25) is 10.1 Å². The summed E-state index contributed by atoms with van der Waals surface area (Å²) in [5.74, 6) is -0.0979. The number of hydrogen-bond acceptors (Lipinski definition) is 7. The van der Waals surface area contributed by atoms with Crippen LogP contribution in [0, 0.1) is 0 Å². The molecule has 1 unspecified atom stereocenters. The Hall–Kier alpha value is -2.37. The number of nitrogens with zero attached hydrogens (tertiary/aromatic N) is 3. The number of rotatable bonds is 7. The first kappa shape index (κ1) is 24.7. The summed E-state index contributed by atoms with van der Waals surface area (Å²) in [6.45, 7) is 5.39. The predicted molar refractivity (Wildman–Crippen MR) is 118 cm³/mol. The Kier molecular flexibility index (Phi) is 7.07. The van der Waals surface area contributed by atoms with Crippen molar-refractivity contribution >= 4 is 29.2 Å². The van der Waals surface area contributed by atoms with E-state index in [4.69, 9.17) is 25.6 Å². The van der Waals surface area contributed by atoms with E-state index in [-0.39, 0.29) is 23.0 Å². The maximum absolute atomic E-state index is 12.9. The lowest BCUT2D eigenvalue weighted by molar-refractivity contribution is -0.170. The van der Waals surface area contributed by atoms with Gasteiger partial charge in [0.05, 0.1) is 22.9 Å². The van der Waals surface area contributed by atoms with Gasteiger partial charge in [0.15, 0.2) is 6.29 Å². The highest BCUT2D eigenvalue weighted by Crippen LogP contribution is 2.36. The van der Waals surface area contributed by atoms with Gasteiger partial charge in [-0.2, -0.15) is 13.2 Å². The molecule has 2 atom stereocenters. The highest BCUT2D eigenvalue weighted by Gasteiger charge is 2.38. The van der Waals surface area contributed by atoms with Crippen molar-refractivity contribution in [2.75, 3.05) is 30.0 Å². The van der Waals surface area contributed by atoms with Crippen molar-refractivity contribution < 1.29 is 32.0 Å². The molecule has 0 saturated carbocycles. The maximum atomic E-state index is 12.9. The average molecular weight is 503 g/mol. The maximum Gasteiger partial charge on any atom is 0.417 e. The Balaban J connectivity index is 1.36. The SMILES string of the molecule is CC(C)(COC1CCCCO1)c1cc(NC(=O)[C@@H]2CCN2c2ncc(C(F)(F)F)cc2Cl)on1. The van der Waals surface area contributed by atoms with Gasteiger partial charge in [-0.1, -0.05) is 30.6 Å². The van der Waals surface area contributed by atoms with Crippen LogP contribution in [-0.2, 0) is 25.9 Å². The monoisotopic (exact) mass is 502 g/mol. The van der Waals surface area contributed by atoms with Crippen molar-refractivity contribution in [3.05, 3.63) is 34.6 Å². The van der Waals surface area contributed by atoms with E-state index < -0.39 is 29.1 Å². The molecule has 8 nitrogen and oxygen atoms in total. The number of halogens is 4. The smallest absolute Gasteiger partial charge is 0.353 e. The van der Waals surface area contributed by atoms with Crippen LogP contribution in [0.15, 0.2) is 22.9 Å². The van der Waals surface area contributed by atoms with Crippen molar-refractivity contribution in [2.24, 2.45) is 0 Å². The molecule has 2 saturated heterocycles. The summed E-state index contributed by atoms with van der Waals surface area (Å²) in [6, 6.07) is 1.80. The average Bonchev–Trinajstić information content (AvgIpc) is 3.22. The minimum Gasteiger partial charge on any atom is -0.353 e. The molecule has 2 fully saturated rings. The van der Waals surface area contributed by atoms with Crippen LogP contribution < -0.4 is 10.2 Å². The summed E-state index contributed by atoms with van der Waals surface area (Å²) in [4.78, 5) is 18.2. The van der Waals surface area contributed by atoms with E-state index in [0.717, 1.165) is 25.3 Å². The molecule has 12 heteroatoms. The van der Waals surface area contributed by atoms with Gasteiger partial charge in [0.25, 0.3) is 0 Å². The van der Waals surface area contributed by atoms with Crippen LogP contribution >= 0.6 is 11.6 Å². The number of nitrogens with one attached hydrogen (secondary N) is 1. The van der Waals surface area contributed by atoms with Crippen LogP contribution in [0.25, 0.3) is 0 Å². The van der Waals surface area contributed by atoms with Crippen molar-refractivity contribution in [1.29, 1.82) is 0 Å². The second-order valence-corrected chi connectivity index (χ2v) is 9.49. The fourth-order valence-electron chi connectivity index (χ4n) is 3.79. The van der Waals surface area contributed by atoms with E-state index >= 15 is 0 Å². The van der Waals surface area contributed by atoms with E-state index in [9.17, 15) is 18.0 Å². The van der Waals surface area contributed by atoms with E-state index in [2.05, 4.69) is 15.5 Å². The Bertz CT molecular complexity index is 1020. The number of carbonyl (C=O) groups is 1. The lowest BCUT2D eigenvalue weighted by Gasteiger charge is -2.40. The number of alkyl halides is 3. The molecule has 34 heavy (non-hydrogen) atoms. The number of carbonyl (C=O) groups excluding carboxylic acids is 1. The van der Waals surface area contributed by atoms with Crippen molar-refractivity contribution in [1.82, 2.24) is 10.1 Å². The molecular weight excluding hydrogens is 477 g/mol. The molecule has 2 aromatic rings. The molecule has 2 aliphatic rings. The van der Waals surface area contributed by atoms with Gasteiger partial charge in [-0.15, -0.1) is 0 Å². The second kappa shape index (κ2) is 9.71. The van der Waals surface area contributed by atoms with Crippen LogP contribution in [-0.4, -0.2) is 48.1 Å². The Labute approximate surface area is 199 Å². The molecule has 0 bridgehead atoms. The minimum atomic E-state index is -4.55. The van der Waals surface area contributed by atoms with Crippen molar-refractivity contribution in [2.45, 2.75) is 63.5 Å². The molecule has 1 amide bonds. The summed E-state index contributed by atoms with van der Waals surface area (Å²) in [6.07, 6.45) is -0.619. The van der Waals surface area contributed by atoms with Gasteiger partial charge >= 0.3 is 6.18 Å². The van der Waals surface area contributed by atoms with Crippen LogP contribution in [0.4, 0.5) is 24.9 Å². The molecule has 1 N–H and O–H groups in total. The van der Waals surface area contributed by atoms with Gasteiger partial charge in [0.1, 0.15) is 11.9 Å². The molecule has 2 aliphatic heterocycles. The normalized spacial score (nSPS) is 21.3. The quantitative estimate of drug-likeness (QED) is 0.582. The summed E-state index contributed by atoms with van der Waals surface area (Å²) >= 11 is 6.03. The molecule has 186 valence electrons. The minimum absolute atomic E-state index is 0.127. The van der Waals surface area contributed by atoms with Crippen molar-refractivity contribution in [3.63, 3.8) is 0 Å². The van der Waals surface area contributed by atoms with Gasteiger partial charge in [-0.05, 0) is 31.7 Å². The van der Waals surface area contributed by atoms with E-state index in [1.54, 1.807) is 11.0 Å². The number of anilines is 2. The molecule has 0 radical (unpaired) electrons. The van der Waals surface area contributed by atoms with E-state index in [1.807, 2.05) is 13.8 Å². The van der Waals surface area contributed by atoms with Crippen molar-refractivity contribution in [3.8, 4) is 0 Å². The third-order valence-electron chi connectivity index (χ3n) is 5.96. The summed E-state index contributed by atoms with van der Waals surface area (Å²) in [5, 5.41) is 6.57.